The van der Waals surface area contributed by atoms with Gasteiger partial charge in [0.25, 0.3) is 0 Å². The Morgan fingerprint density at radius 3 is 2.39 bits per heavy atom. The van der Waals surface area contributed by atoms with E-state index < -0.39 is 11.6 Å². The van der Waals surface area contributed by atoms with Crippen LogP contribution in [0.2, 0.25) is 5.02 Å². The number of methoxy groups -OCH3 is 1. The fraction of sp³-hybridized carbons (Fsp3) is 0.0769. The van der Waals surface area contributed by atoms with Crippen LogP contribution in [0.4, 0.5) is 20.2 Å². The Labute approximate surface area is 108 Å². The Morgan fingerprint density at radius 1 is 1.11 bits per heavy atom. The molecule has 0 aliphatic carbocycles. The third-order valence-corrected chi connectivity index (χ3v) is 2.61. The highest BCUT2D eigenvalue weighted by atomic mass is 35.5. The van der Waals surface area contributed by atoms with Crippen molar-refractivity contribution >= 4 is 23.0 Å². The number of anilines is 2. The summed E-state index contributed by atoms with van der Waals surface area (Å²) in [5, 5.41) is 3.27. The maximum Gasteiger partial charge on any atom is 0.160 e. The number of halogens is 3. The van der Waals surface area contributed by atoms with Crippen LogP contribution in [0.15, 0.2) is 36.4 Å². The van der Waals surface area contributed by atoms with Crippen molar-refractivity contribution in [2.45, 2.75) is 0 Å². The van der Waals surface area contributed by atoms with Crippen molar-refractivity contribution in [2.75, 3.05) is 12.4 Å². The highest BCUT2D eigenvalue weighted by molar-refractivity contribution is 6.32. The van der Waals surface area contributed by atoms with Gasteiger partial charge >= 0.3 is 0 Å². The maximum absolute atomic E-state index is 13.1. The topological polar surface area (TPSA) is 21.3 Å². The molecule has 0 heterocycles. The molecular weight excluding hydrogens is 260 g/mol. The van der Waals surface area contributed by atoms with Crippen LogP contribution in [0, 0.1) is 11.6 Å². The van der Waals surface area contributed by atoms with E-state index >= 15 is 0 Å². The summed E-state index contributed by atoms with van der Waals surface area (Å²) < 4.78 is 31.2. The molecule has 0 bridgehead atoms. The van der Waals surface area contributed by atoms with Crippen LogP contribution >= 0.6 is 11.6 Å². The molecule has 2 rings (SSSR count). The Morgan fingerprint density at radius 2 is 1.78 bits per heavy atom. The zero-order chi connectivity index (χ0) is 13.1. The van der Waals surface area contributed by atoms with Crippen LogP contribution in [0.3, 0.4) is 0 Å². The number of hydrogen-bond acceptors (Lipinski definition) is 2. The smallest absolute Gasteiger partial charge is 0.160 e. The molecule has 0 atom stereocenters. The summed E-state index contributed by atoms with van der Waals surface area (Å²) in [6.45, 7) is 0. The maximum atomic E-state index is 13.1. The second-order valence-electron chi connectivity index (χ2n) is 3.60. The van der Waals surface area contributed by atoms with E-state index in [0.29, 0.717) is 16.5 Å². The molecule has 0 aromatic heterocycles. The van der Waals surface area contributed by atoms with Crippen molar-refractivity contribution in [3.63, 3.8) is 0 Å². The molecule has 1 N–H and O–H groups in total. The van der Waals surface area contributed by atoms with Gasteiger partial charge in [-0.3, -0.25) is 0 Å². The van der Waals surface area contributed by atoms with E-state index in [9.17, 15) is 8.78 Å². The van der Waals surface area contributed by atoms with E-state index in [-0.39, 0.29) is 5.69 Å². The third-order valence-electron chi connectivity index (χ3n) is 2.31. The minimum atomic E-state index is -0.654. The van der Waals surface area contributed by atoms with E-state index in [0.717, 1.165) is 6.07 Å². The van der Waals surface area contributed by atoms with Gasteiger partial charge in [-0.1, -0.05) is 17.7 Å². The lowest BCUT2D eigenvalue weighted by atomic mass is 10.2. The number of rotatable bonds is 3. The number of para-hydroxylation sites is 1. The fourth-order valence-electron chi connectivity index (χ4n) is 1.60. The molecule has 0 aliphatic heterocycles. The molecular formula is C13H10ClF2NO. The largest absolute Gasteiger partial charge is 0.493 e. The van der Waals surface area contributed by atoms with Gasteiger partial charge in [-0.2, -0.15) is 0 Å². The molecule has 0 unspecified atom stereocenters. The lowest BCUT2D eigenvalue weighted by Gasteiger charge is -2.12. The Kier molecular flexibility index (Phi) is 3.67. The molecule has 0 spiro atoms. The van der Waals surface area contributed by atoms with E-state index in [2.05, 4.69) is 5.32 Å². The van der Waals surface area contributed by atoms with E-state index in [4.69, 9.17) is 16.3 Å². The first-order valence-corrected chi connectivity index (χ1v) is 5.53. The van der Waals surface area contributed by atoms with Gasteiger partial charge in [0.1, 0.15) is 11.6 Å². The van der Waals surface area contributed by atoms with Crippen molar-refractivity contribution in [3.05, 3.63) is 53.1 Å². The molecule has 2 aromatic carbocycles. The van der Waals surface area contributed by atoms with Gasteiger partial charge in [0.05, 0.1) is 17.8 Å². The summed E-state index contributed by atoms with van der Waals surface area (Å²) in [4.78, 5) is 0. The highest BCUT2D eigenvalue weighted by Gasteiger charge is 2.08. The van der Waals surface area contributed by atoms with Crippen molar-refractivity contribution in [1.82, 2.24) is 0 Å². The molecule has 5 heteroatoms. The van der Waals surface area contributed by atoms with Crippen molar-refractivity contribution in [1.29, 1.82) is 0 Å². The Bertz CT molecular complexity index is 555. The van der Waals surface area contributed by atoms with Crippen molar-refractivity contribution in [2.24, 2.45) is 0 Å². The van der Waals surface area contributed by atoms with E-state index in [1.54, 1.807) is 18.2 Å². The fourth-order valence-corrected chi connectivity index (χ4v) is 1.85. The summed E-state index contributed by atoms with van der Waals surface area (Å²) in [6.07, 6.45) is 0. The van der Waals surface area contributed by atoms with Crippen molar-refractivity contribution < 1.29 is 13.5 Å². The van der Waals surface area contributed by atoms with Crippen LogP contribution < -0.4 is 10.1 Å². The molecule has 18 heavy (non-hydrogen) atoms. The molecule has 0 saturated heterocycles. The van der Waals surface area contributed by atoms with Crippen LogP contribution in [0.1, 0.15) is 0 Å². The van der Waals surface area contributed by atoms with Crippen LogP contribution in [-0.2, 0) is 0 Å². The summed E-state index contributed by atoms with van der Waals surface area (Å²) >= 11 is 5.95. The molecule has 2 nitrogen and oxygen atoms in total. The van der Waals surface area contributed by atoms with Gasteiger partial charge in [0.15, 0.2) is 5.75 Å². The average Bonchev–Trinajstić information content (AvgIpc) is 2.27. The number of nitrogens with one attached hydrogen (secondary N) is 1. The molecule has 0 amide bonds. The average molecular weight is 270 g/mol. The second kappa shape index (κ2) is 5.23. The molecule has 0 radical (unpaired) electrons. The second-order valence-corrected chi connectivity index (χ2v) is 4.01. The summed E-state index contributed by atoms with van der Waals surface area (Å²) in [5.41, 5.74) is 0.822. The first kappa shape index (κ1) is 12.6. The zero-order valence-electron chi connectivity index (χ0n) is 9.51. The third kappa shape index (κ3) is 2.71. The summed E-state index contributed by atoms with van der Waals surface area (Å²) in [7, 11) is 1.47. The van der Waals surface area contributed by atoms with E-state index in [1.807, 2.05) is 0 Å². The van der Waals surface area contributed by atoms with Gasteiger partial charge < -0.3 is 10.1 Å². The quantitative estimate of drug-likeness (QED) is 0.893. The van der Waals surface area contributed by atoms with Gasteiger partial charge in [0, 0.05) is 11.8 Å². The normalized spacial score (nSPS) is 10.2. The Hall–Kier alpha value is -1.81. The van der Waals surface area contributed by atoms with Gasteiger partial charge in [-0.15, -0.1) is 0 Å². The molecule has 94 valence electrons. The van der Waals surface area contributed by atoms with Crippen LogP contribution in [0.25, 0.3) is 0 Å². The van der Waals surface area contributed by atoms with Gasteiger partial charge in [0.2, 0.25) is 0 Å². The standard InChI is InChI=1S/C13H10ClF2NO/c1-18-13-11(14)3-2-4-12(13)17-10-6-8(15)5-9(16)7-10/h2-7,17H,1H3. The Balaban J connectivity index is 2.36. The van der Waals surface area contributed by atoms with E-state index in [1.165, 1.54) is 19.2 Å². The minimum absolute atomic E-state index is 0.285. The van der Waals surface area contributed by atoms with Crippen molar-refractivity contribution in [3.8, 4) is 5.75 Å². The lowest BCUT2D eigenvalue weighted by Crippen LogP contribution is -1.96. The van der Waals surface area contributed by atoms with Crippen LogP contribution in [0.5, 0.6) is 5.75 Å². The monoisotopic (exact) mass is 269 g/mol. The molecule has 0 fully saturated rings. The predicted octanol–water partition coefficient (Wildman–Crippen LogP) is 4.37. The van der Waals surface area contributed by atoms with Gasteiger partial charge in [-0.25, -0.2) is 8.78 Å². The SMILES string of the molecule is COc1c(Cl)cccc1Nc1cc(F)cc(F)c1. The van der Waals surface area contributed by atoms with Gasteiger partial charge in [-0.05, 0) is 24.3 Å². The lowest BCUT2D eigenvalue weighted by molar-refractivity contribution is 0.417. The highest BCUT2D eigenvalue weighted by Crippen LogP contribution is 2.34. The van der Waals surface area contributed by atoms with Crippen LogP contribution in [-0.4, -0.2) is 7.11 Å². The first-order chi connectivity index (χ1) is 8.60. The molecule has 2 aromatic rings. The molecule has 0 saturated carbocycles. The number of hydrogen-bond donors (Lipinski definition) is 1. The number of benzene rings is 2. The number of ether oxygens (including phenoxy) is 1. The minimum Gasteiger partial charge on any atom is -0.493 e. The summed E-state index contributed by atoms with van der Waals surface area (Å²) in [6, 6.07) is 8.25. The first-order valence-electron chi connectivity index (χ1n) is 5.16. The molecule has 0 aliphatic rings. The summed E-state index contributed by atoms with van der Waals surface area (Å²) in [5.74, 6) is -0.888. The zero-order valence-corrected chi connectivity index (χ0v) is 10.3. The predicted molar refractivity (Wildman–Crippen MR) is 67.6 cm³/mol.